The van der Waals surface area contributed by atoms with E-state index in [2.05, 4.69) is 0 Å². The van der Waals surface area contributed by atoms with E-state index in [1.807, 2.05) is 42.1 Å². The summed E-state index contributed by atoms with van der Waals surface area (Å²) in [6.45, 7) is -0.270. The smallest absolute Gasteiger partial charge is 0.312 e. The number of fused-ring (bicyclic) bond motifs is 4. The lowest BCUT2D eigenvalue weighted by molar-refractivity contribution is -0.135. The molecule has 0 aliphatic carbocycles. The van der Waals surface area contributed by atoms with Crippen molar-refractivity contribution in [3.8, 4) is 23.0 Å². The van der Waals surface area contributed by atoms with Gasteiger partial charge in [0, 0.05) is 41.2 Å². The fourth-order valence-corrected chi connectivity index (χ4v) is 5.15. The van der Waals surface area contributed by atoms with Gasteiger partial charge in [0.05, 0.1) is 19.1 Å². The van der Waals surface area contributed by atoms with Gasteiger partial charge >= 0.3 is 5.97 Å². The molecule has 0 saturated heterocycles. The Morgan fingerprint density at radius 2 is 1.95 bits per heavy atom. The van der Waals surface area contributed by atoms with E-state index in [-0.39, 0.29) is 24.6 Å². The first-order chi connectivity index (χ1) is 18.8. The summed E-state index contributed by atoms with van der Waals surface area (Å²) >= 11 is 0. The number of carbonyl (C=O) groups is 3. The zero-order chi connectivity index (χ0) is 27.3. The fourth-order valence-electron chi connectivity index (χ4n) is 5.15. The van der Waals surface area contributed by atoms with E-state index in [9.17, 15) is 14.4 Å². The summed E-state index contributed by atoms with van der Waals surface area (Å²) < 4.78 is 24.6. The Labute approximate surface area is 223 Å². The predicted octanol–water partition coefficient (Wildman–Crippen LogP) is 4.11. The SMILES string of the molecule is COc1ccc2c(c1)c(/C=C1\Oc3c(ccc4c3[C@@H](c3cccc(OCC(N)=O)c3)CC(=O)O4)C1=O)cn2C. The number of allylic oxidation sites excluding steroid dienone is 1. The van der Waals surface area contributed by atoms with Gasteiger partial charge in [-0.05, 0) is 54.1 Å². The maximum Gasteiger partial charge on any atom is 0.312 e. The Morgan fingerprint density at radius 1 is 1.10 bits per heavy atom. The van der Waals surface area contributed by atoms with Crippen LogP contribution in [-0.4, -0.2) is 35.9 Å². The third-order valence-electron chi connectivity index (χ3n) is 6.94. The van der Waals surface area contributed by atoms with E-state index in [0.29, 0.717) is 34.1 Å². The van der Waals surface area contributed by atoms with Gasteiger partial charge in [0.25, 0.3) is 5.91 Å². The molecule has 9 nitrogen and oxygen atoms in total. The number of amides is 1. The average Bonchev–Trinajstić information content (AvgIpc) is 3.42. The van der Waals surface area contributed by atoms with Gasteiger partial charge in [-0.2, -0.15) is 0 Å². The Morgan fingerprint density at radius 3 is 2.74 bits per heavy atom. The molecule has 1 atom stereocenters. The van der Waals surface area contributed by atoms with Crippen molar-refractivity contribution in [1.29, 1.82) is 0 Å². The predicted molar refractivity (Wildman–Crippen MR) is 142 cm³/mol. The van der Waals surface area contributed by atoms with Crippen LogP contribution in [0.1, 0.15) is 39.4 Å². The molecule has 0 bridgehead atoms. The van der Waals surface area contributed by atoms with Crippen molar-refractivity contribution in [2.75, 3.05) is 13.7 Å². The summed E-state index contributed by atoms with van der Waals surface area (Å²) in [6.07, 6.45) is 3.69. The summed E-state index contributed by atoms with van der Waals surface area (Å²) in [5.74, 6) is 0.290. The number of hydrogen-bond donors (Lipinski definition) is 1. The number of aromatic nitrogens is 1. The molecule has 2 N–H and O–H groups in total. The molecule has 9 heteroatoms. The minimum Gasteiger partial charge on any atom is -0.497 e. The molecular weight excluding hydrogens is 500 g/mol. The van der Waals surface area contributed by atoms with Crippen LogP contribution in [0.25, 0.3) is 17.0 Å². The average molecular weight is 525 g/mol. The minimum absolute atomic E-state index is 0.0441. The van der Waals surface area contributed by atoms with Gasteiger partial charge in [0.2, 0.25) is 5.78 Å². The molecule has 0 fully saturated rings. The van der Waals surface area contributed by atoms with Crippen molar-refractivity contribution >= 4 is 34.6 Å². The van der Waals surface area contributed by atoms with Crippen molar-refractivity contribution in [2.45, 2.75) is 12.3 Å². The molecule has 6 rings (SSSR count). The van der Waals surface area contributed by atoms with Crippen LogP contribution in [0.4, 0.5) is 0 Å². The summed E-state index contributed by atoms with van der Waals surface area (Å²) in [7, 11) is 3.54. The molecule has 0 saturated carbocycles. The van der Waals surface area contributed by atoms with Gasteiger partial charge in [-0.25, -0.2) is 0 Å². The molecule has 0 radical (unpaired) electrons. The first kappa shape index (κ1) is 24.3. The number of hydrogen-bond acceptors (Lipinski definition) is 7. The van der Waals surface area contributed by atoms with Crippen LogP contribution in [0, 0.1) is 0 Å². The quantitative estimate of drug-likeness (QED) is 0.229. The number of aryl methyl sites for hydroxylation is 1. The fraction of sp³-hybridized carbons (Fsp3) is 0.167. The first-order valence-corrected chi connectivity index (χ1v) is 12.3. The van der Waals surface area contributed by atoms with Gasteiger partial charge in [-0.3, -0.25) is 14.4 Å². The van der Waals surface area contributed by atoms with Crippen LogP contribution >= 0.6 is 0 Å². The first-order valence-electron chi connectivity index (χ1n) is 12.3. The van der Waals surface area contributed by atoms with Crippen LogP contribution in [-0.2, 0) is 16.6 Å². The molecule has 0 spiro atoms. The Kier molecular flexibility index (Phi) is 5.83. The molecular formula is C30H24N2O7. The number of primary amides is 1. The van der Waals surface area contributed by atoms with Crippen molar-refractivity contribution in [1.82, 2.24) is 4.57 Å². The van der Waals surface area contributed by atoms with Gasteiger partial charge in [-0.15, -0.1) is 0 Å². The maximum atomic E-state index is 13.5. The van der Waals surface area contributed by atoms with Gasteiger partial charge in [0.1, 0.15) is 23.0 Å². The van der Waals surface area contributed by atoms with Crippen molar-refractivity contribution in [3.63, 3.8) is 0 Å². The Hall–Kier alpha value is -5.05. The molecule has 3 aromatic carbocycles. The van der Waals surface area contributed by atoms with E-state index in [1.165, 1.54) is 0 Å². The van der Waals surface area contributed by atoms with Crippen molar-refractivity contribution < 1.29 is 33.3 Å². The zero-order valence-corrected chi connectivity index (χ0v) is 21.2. The van der Waals surface area contributed by atoms with Crippen molar-refractivity contribution in [2.24, 2.45) is 12.8 Å². The highest BCUT2D eigenvalue weighted by Crippen LogP contribution is 2.49. The highest BCUT2D eigenvalue weighted by atomic mass is 16.5. The van der Waals surface area contributed by atoms with Gasteiger partial charge in [-0.1, -0.05) is 12.1 Å². The minimum atomic E-state index is -0.597. The molecule has 4 aromatic rings. The van der Waals surface area contributed by atoms with Crippen LogP contribution in [0.5, 0.6) is 23.0 Å². The largest absolute Gasteiger partial charge is 0.497 e. The molecule has 1 amide bonds. The van der Waals surface area contributed by atoms with Gasteiger partial charge < -0.3 is 29.2 Å². The second kappa shape index (κ2) is 9.36. The summed E-state index contributed by atoms with van der Waals surface area (Å²) in [6, 6.07) is 16.0. The summed E-state index contributed by atoms with van der Waals surface area (Å²) in [5.41, 5.74) is 8.74. The number of ketones is 1. The number of benzene rings is 3. The number of methoxy groups -OCH3 is 1. The van der Waals surface area contributed by atoms with E-state index < -0.39 is 17.8 Å². The Bertz CT molecular complexity index is 1720. The number of esters is 1. The highest BCUT2D eigenvalue weighted by molar-refractivity contribution is 6.15. The van der Waals surface area contributed by atoms with Crippen LogP contribution in [0.2, 0.25) is 0 Å². The van der Waals surface area contributed by atoms with Crippen LogP contribution in [0.3, 0.4) is 0 Å². The lowest BCUT2D eigenvalue weighted by Crippen LogP contribution is -2.22. The summed E-state index contributed by atoms with van der Waals surface area (Å²) in [4.78, 5) is 37.1. The topological polar surface area (TPSA) is 119 Å². The molecule has 2 aliphatic rings. The lowest BCUT2D eigenvalue weighted by atomic mass is 9.84. The normalized spacial score (nSPS) is 17.0. The van der Waals surface area contributed by atoms with E-state index >= 15 is 0 Å². The van der Waals surface area contributed by atoms with E-state index in [1.54, 1.807) is 43.5 Å². The van der Waals surface area contributed by atoms with Gasteiger partial charge in [0.15, 0.2) is 12.4 Å². The number of nitrogens with zero attached hydrogens (tertiary/aromatic N) is 1. The second-order valence-electron chi connectivity index (χ2n) is 9.43. The highest BCUT2D eigenvalue weighted by Gasteiger charge is 2.38. The monoisotopic (exact) mass is 524 g/mol. The number of rotatable bonds is 6. The van der Waals surface area contributed by atoms with E-state index in [0.717, 1.165) is 22.0 Å². The molecule has 0 unspecified atom stereocenters. The number of nitrogens with two attached hydrogens (primary N) is 1. The third-order valence-corrected chi connectivity index (χ3v) is 6.94. The molecule has 196 valence electrons. The molecule has 2 aliphatic heterocycles. The van der Waals surface area contributed by atoms with Crippen LogP contribution < -0.4 is 24.7 Å². The maximum absolute atomic E-state index is 13.5. The Balaban J connectivity index is 1.41. The standard InChI is InChI=1S/C30H24N2O7/c1-32-14-17(21-12-18(36-2)6-8-23(21)32)11-25-29(35)20-7-9-24-28(30(20)39-25)22(13-27(34)38-24)16-4-3-5-19(10-16)37-15-26(31)33/h3-12,14,22H,13,15H2,1-2H3,(H2,31,33)/b25-11-/t22-/m1/s1. The lowest BCUT2D eigenvalue weighted by Gasteiger charge is -2.26. The second-order valence-corrected chi connectivity index (χ2v) is 9.43. The van der Waals surface area contributed by atoms with Crippen LogP contribution in [0.15, 0.2) is 66.6 Å². The molecule has 39 heavy (non-hydrogen) atoms. The number of carbonyl (C=O) groups excluding carboxylic acids is 3. The van der Waals surface area contributed by atoms with E-state index in [4.69, 9.17) is 24.7 Å². The number of ether oxygens (including phenoxy) is 4. The molecule has 1 aromatic heterocycles. The summed E-state index contributed by atoms with van der Waals surface area (Å²) in [5, 5.41) is 0.915. The zero-order valence-electron chi connectivity index (χ0n) is 21.2. The number of Topliss-reactive ketones (excluding diaryl/α,β-unsaturated/α-hetero) is 1. The third kappa shape index (κ3) is 4.27. The van der Waals surface area contributed by atoms with Crippen molar-refractivity contribution in [3.05, 3.63) is 88.8 Å². The molecule has 3 heterocycles.